The van der Waals surface area contributed by atoms with Crippen LogP contribution in [0.4, 0.5) is 0 Å². The predicted octanol–water partition coefficient (Wildman–Crippen LogP) is 6.03. The molecule has 5 rings (SSSR count). The number of ketones is 1. The average molecular weight is 540 g/mol. The van der Waals surface area contributed by atoms with Crippen LogP contribution in [0.15, 0.2) is 89.1 Å². The van der Waals surface area contributed by atoms with E-state index in [1.807, 2.05) is 79.7 Å². The summed E-state index contributed by atoms with van der Waals surface area (Å²) in [7, 11) is 4.57. The fourth-order valence-corrected chi connectivity index (χ4v) is 5.70. The molecule has 7 nitrogen and oxygen atoms in total. The summed E-state index contributed by atoms with van der Waals surface area (Å²) in [4.78, 5) is 31.7. The summed E-state index contributed by atoms with van der Waals surface area (Å²) in [6.45, 7) is 2.21. The maximum atomic E-state index is 13.8. The molecule has 0 amide bonds. The van der Waals surface area contributed by atoms with Gasteiger partial charge in [-0.2, -0.15) is 0 Å². The van der Waals surface area contributed by atoms with Crippen molar-refractivity contribution >= 4 is 17.5 Å². The first-order chi connectivity index (χ1) is 19.4. The summed E-state index contributed by atoms with van der Waals surface area (Å²) >= 11 is 0. The lowest BCUT2D eigenvalue weighted by Crippen LogP contribution is -2.37. The molecule has 0 saturated heterocycles. The topological polar surface area (TPSA) is 83.4 Å². The Morgan fingerprint density at radius 2 is 1.60 bits per heavy atom. The number of ether oxygens (including phenoxy) is 4. The van der Waals surface area contributed by atoms with E-state index in [-0.39, 0.29) is 11.7 Å². The van der Waals surface area contributed by atoms with Crippen LogP contribution in [0.25, 0.3) is 0 Å². The van der Waals surface area contributed by atoms with Gasteiger partial charge in [-0.25, -0.2) is 0 Å². The van der Waals surface area contributed by atoms with E-state index in [0.717, 1.165) is 28.1 Å². The Morgan fingerprint density at radius 3 is 2.27 bits per heavy atom. The number of rotatable bonds is 8. The van der Waals surface area contributed by atoms with Crippen molar-refractivity contribution in [2.75, 3.05) is 21.3 Å². The smallest absolute Gasteiger partial charge is 0.315 e. The van der Waals surface area contributed by atoms with Gasteiger partial charge in [-0.15, -0.1) is 0 Å². The zero-order valence-corrected chi connectivity index (χ0v) is 23.2. The lowest BCUT2D eigenvalue weighted by molar-refractivity contribution is -0.143. The molecular formula is C33H33NO6. The molecule has 0 N–H and O–H groups in total. The van der Waals surface area contributed by atoms with Crippen LogP contribution >= 0.6 is 0 Å². The Labute approximate surface area is 234 Å². The molecule has 7 heteroatoms. The highest BCUT2D eigenvalue weighted by atomic mass is 16.5. The number of hydrogen-bond acceptors (Lipinski definition) is 7. The van der Waals surface area contributed by atoms with Crippen molar-refractivity contribution in [3.63, 3.8) is 0 Å². The molecule has 0 spiro atoms. The summed E-state index contributed by atoms with van der Waals surface area (Å²) in [5.74, 6) is 0.170. The lowest BCUT2D eigenvalue weighted by Gasteiger charge is -2.36. The second-order valence-corrected chi connectivity index (χ2v) is 10.1. The summed E-state index contributed by atoms with van der Waals surface area (Å²) < 4.78 is 22.2. The summed E-state index contributed by atoms with van der Waals surface area (Å²) in [6.07, 6.45) is 0.935. The number of esters is 1. The number of carbonyl (C=O) groups excluding carboxylic acids is 2. The minimum Gasteiger partial charge on any atom is -0.497 e. The van der Waals surface area contributed by atoms with Crippen LogP contribution in [0.2, 0.25) is 0 Å². The van der Waals surface area contributed by atoms with Gasteiger partial charge in [0.2, 0.25) is 0 Å². The van der Waals surface area contributed by atoms with Crippen molar-refractivity contribution in [2.45, 2.75) is 38.2 Å². The Hall–Kier alpha value is -4.39. The monoisotopic (exact) mass is 539 g/mol. The predicted molar refractivity (Wildman–Crippen MR) is 152 cm³/mol. The number of methoxy groups -OCH3 is 3. The van der Waals surface area contributed by atoms with Crippen molar-refractivity contribution in [1.29, 1.82) is 0 Å². The van der Waals surface area contributed by atoms with Gasteiger partial charge in [0.15, 0.2) is 17.3 Å². The number of carbonyl (C=O) groups is 2. The van der Waals surface area contributed by atoms with Gasteiger partial charge in [-0.1, -0.05) is 48.5 Å². The molecular weight excluding hydrogens is 506 g/mol. The third kappa shape index (κ3) is 5.37. The van der Waals surface area contributed by atoms with Crippen LogP contribution in [0.1, 0.15) is 48.3 Å². The van der Waals surface area contributed by atoms with Crippen molar-refractivity contribution in [1.82, 2.24) is 0 Å². The lowest BCUT2D eigenvalue weighted by atomic mass is 9.69. The Morgan fingerprint density at radius 1 is 0.875 bits per heavy atom. The molecule has 0 saturated carbocycles. The molecule has 1 aliphatic heterocycles. The first-order valence-electron chi connectivity index (χ1n) is 13.3. The van der Waals surface area contributed by atoms with Crippen molar-refractivity contribution < 1.29 is 28.5 Å². The van der Waals surface area contributed by atoms with Crippen LogP contribution in [0.3, 0.4) is 0 Å². The van der Waals surface area contributed by atoms with Crippen molar-refractivity contribution in [3.05, 3.63) is 101 Å². The van der Waals surface area contributed by atoms with Gasteiger partial charge >= 0.3 is 5.97 Å². The molecule has 1 unspecified atom stereocenters. The second-order valence-electron chi connectivity index (χ2n) is 10.1. The summed E-state index contributed by atoms with van der Waals surface area (Å²) in [5, 5.41) is 0. The van der Waals surface area contributed by atoms with Crippen LogP contribution in [-0.4, -0.2) is 38.8 Å². The molecule has 0 radical (unpaired) electrons. The van der Waals surface area contributed by atoms with Crippen LogP contribution < -0.4 is 14.2 Å². The molecule has 0 bridgehead atoms. The fraction of sp³-hybridized carbons (Fsp3) is 0.303. The van der Waals surface area contributed by atoms with E-state index in [1.165, 1.54) is 7.11 Å². The quantitative estimate of drug-likeness (QED) is 0.325. The normalized spacial score (nSPS) is 20.4. The first kappa shape index (κ1) is 27.2. The molecule has 2 aliphatic rings. The van der Waals surface area contributed by atoms with Crippen molar-refractivity contribution in [2.24, 2.45) is 10.9 Å². The maximum Gasteiger partial charge on any atom is 0.315 e. The Balaban J connectivity index is 1.51. The van der Waals surface area contributed by atoms with Gasteiger partial charge in [0.25, 0.3) is 0 Å². The van der Waals surface area contributed by atoms with E-state index in [9.17, 15) is 9.59 Å². The van der Waals surface area contributed by atoms with Gasteiger partial charge < -0.3 is 18.9 Å². The first-order valence-corrected chi connectivity index (χ1v) is 13.3. The number of nitrogens with zero attached hydrogens (tertiary/aromatic N) is 1. The van der Waals surface area contributed by atoms with Crippen LogP contribution in [-0.2, 0) is 20.9 Å². The molecule has 3 aromatic carbocycles. The van der Waals surface area contributed by atoms with E-state index in [0.29, 0.717) is 42.2 Å². The number of aliphatic imine (C=N–C) groups is 1. The van der Waals surface area contributed by atoms with E-state index >= 15 is 0 Å². The molecule has 40 heavy (non-hydrogen) atoms. The Bertz CT molecular complexity index is 1460. The molecule has 3 aromatic rings. The fourth-order valence-electron chi connectivity index (χ4n) is 5.70. The average Bonchev–Trinajstić information content (AvgIpc) is 2.99. The zero-order valence-electron chi connectivity index (χ0n) is 23.2. The van der Waals surface area contributed by atoms with Crippen molar-refractivity contribution in [3.8, 4) is 17.2 Å². The van der Waals surface area contributed by atoms with Gasteiger partial charge in [-0.3, -0.25) is 14.6 Å². The highest BCUT2D eigenvalue weighted by molar-refractivity contribution is 6.09. The minimum absolute atomic E-state index is 0.00710. The van der Waals surface area contributed by atoms with E-state index in [2.05, 4.69) is 0 Å². The van der Waals surface area contributed by atoms with E-state index in [1.54, 1.807) is 14.2 Å². The van der Waals surface area contributed by atoms with E-state index < -0.39 is 17.8 Å². The molecule has 0 fully saturated rings. The van der Waals surface area contributed by atoms with Crippen LogP contribution in [0.5, 0.6) is 17.2 Å². The van der Waals surface area contributed by atoms with Gasteiger partial charge in [-0.05, 0) is 60.2 Å². The standard InChI is InChI=1S/C33H33NO6/c1-20-30(33(36)39-4)31(23-12-15-28(29(18-23)38-3)40-19-21-8-6-5-7-9-21)32-26(34-20)16-24(17-27(32)35)22-10-13-25(37-2)14-11-22/h5-15,18,24,30-31H,16-17,19H2,1-4H3/t24-,30?,31-/m1/s1. The number of hydrogen-bond donors (Lipinski definition) is 0. The van der Waals surface area contributed by atoms with Crippen LogP contribution in [0, 0.1) is 5.92 Å². The van der Waals surface area contributed by atoms with E-state index in [4.69, 9.17) is 23.9 Å². The summed E-state index contributed by atoms with van der Waals surface area (Å²) in [5.41, 5.74) is 4.79. The molecule has 1 heterocycles. The van der Waals surface area contributed by atoms with Gasteiger partial charge in [0, 0.05) is 29.3 Å². The number of allylic oxidation sites excluding steroid dienone is 2. The second kappa shape index (κ2) is 11.8. The van der Waals surface area contributed by atoms with Gasteiger partial charge in [0.05, 0.1) is 21.3 Å². The highest BCUT2D eigenvalue weighted by Crippen LogP contribution is 2.48. The maximum absolute atomic E-state index is 13.8. The summed E-state index contributed by atoms with van der Waals surface area (Å²) in [6, 6.07) is 23.3. The number of Topliss-reactive ketones (excluding diaryl/α,β-unsaturated/α-hetero) is 1. The molecule has 1 aliphatic carbocycles. The highest BCUT2D eigenvalue weighted by Gasteiger charge is 2.44. The SMILES string of the molecule is COC(=O)C1C(C)=NC2=C(C(=O)C[C@H](c3ccc(OC)cc3)C2)[C@@H]1c1ccc(OCc2ccccc2)c(OC)c1. The third-order valence-corrected chi connectivity index (χ3v) is 7.71. The molecule has 0 aromatic heterocycles. The Kier molecular flexibility index (Phi) is 8.01. The zero-order chi connectivity index (χ0) is 28.2. The minimum atomic E-state index is -0.717. The third-order valence-electron chi connectivity index (χ3n) is 7.71. The number of benzene rings is 3. The van der Waals surface area contributed by atoms with Gasteiger partial charge in [0.1, 0.15) is 18.3 Å². The molecule has 206 valence electrons. The largest absolute Gasteiger partial charge is 0.497 e. The molecule has 3 atom stereocenters.